The molecule has 0 aliphatic heterocycles. The van der Waals surface area contributed by atoms with Crippen LogP contribution in [0.4, 0.5) is 0 Å². The van der Waals surface area contributed by atoms with Crippen LogP contribution < -0.4 is 0 Å². The first kappa shape index (κ1) is 19.0. The van der Waals surface area contributed by atoms with E-state index in [4.69, 9.17) is 0 Å². The van der Waals surface area contributed by atoms with Crippen molar-refractivity contribution in [3.63, 3.8) is 0 Å². The van der Waals surface area contributed by atoms with Crippen molar-refractivity contribution in [2.45, 2.75) is 89.6 Å². The highest BCUT2D eigenvalue weighted by atomic mass is 33.1. The predicted octanol–water partition coefficient (Wildman–Crippen LogP) is 4.94. The van der Waals surface area contributed by atoms with Crippen LogP contribution in [0.25, 0.3) is 0 Å². The van der Waals surface area contributed by atoms with Gasteiger partial charge in [0.15, 0.2) is 0 Å². The molecule has 4 heteroatoms. The van der Waals surface area contributed by atoms with Crippen LogP contribution >= 0.6 is 22.5 Å². The summed E-state index contributed by atoms with van der Waals surface area (Å²) in [5, 5.41) is 21.2. The summed E-state index contributed by atoms with van der Waals surface area (Å²) in [7, 11) is 1.71. The second-order valence-electron chi connectivity index (χ2n) is 10.2. The smallest absolute Gasteiger partial charge is 0.0554 e. The topological polar surface area (TPSA) is 40.5 Å². The molecular weight excluding hydrogens is 348 g/mol. The fraction of sp³-hybridized carbons (Fsp3) is 1.00. The Morgan fingerprint density at radius 3 is 2.48 bits per heavy atom. The van der Waals surface area contributed by atoms with Crippen LogP contribution in [-0.2, 0) is 0 Å². The second-order valence-corrected chi connectivity index (χ2v) is 11.6. The van der Waals surface area contributed by atoms with Gasteiger partial charge >= 0.3 is 0 Å². The lowest BCUT2D eigenvalue weighted by Gasteiger charge is -2.63. The van der Waals surface area contributed by atoms with Gasteiger partial charge in [0.05, 0.1) is 12.2 Å². The lowest BCUT2D eigenvalue weighted by Crippen LogP contribution is -2.58. The van der Waals surface area contributed by atoms with E-state index in [1.165, 1.54) is 38.5 Å². The number of hydrogen-bond donors (Lipinski definition) is 3. The highest BCUT2D eigenvalue weighted by Crippen LogP contribution is 2.68. The normalized spacial score (nSPS) is 56.6. The molecule has 2 N–H and O–H groups in total. The summed E-state index contributed by atoms with van der Waals surface area (Å²) in [6.07, 6.45) is 9.38. The van der Waals surface area contributed by atoms with Gasteiger partial charge < -0.3 is 10.2 Å². The molecule has 0 amide bonds. The van der Waals surface area contributed by atoms with E-state index in [1.54, 1.807) is 10.8 Å². The molecule has 0 aromatic rings. The van der Waals surface area contributed by atoms with E-state index in [-0.39, 0.29) is 12.2 Å². The zero-order valence-corrected chi connectivity index (χ0v) is 17.7. The third kappa shape index (κ3) is 2.68. The van der Waals surface area contributed by atoms with Crippen LogP contribution in [0.2, 0.25) is 0 Å². The van der Waals surface area contributed by atoms with Crippen LogP contribution in [0.3, 0.4) is 0 Å². The van der Waals surface area contributed by atoms with E-state index in [1.807, 2.05) is 6.92 Å². The summed E-state index contributed by atoms with van der Waals surface area (Å²) < 4.78 is 0. The molecule has 0 radical (unpaired) electrons. The summed E-state index contributed by atoms with van der Waals surface area (Å²) in [6.45, 7) is 7.04. The van der Waals surface area contributed by atoms with Gasteiger partial charge in [-0.2, -0.15) is 0 Å². The molecule has 4 rings (SSSR count). The molecule has 0 spiro atoms. The zero-order valence-electron chi connectivity index (χ0n) is 16.0. The molecule has 2 nitrogen and oxygen atoms in total. The van der Waals surface area contributed by atoms with Crippen molar-refractivity contribution in [1.29, 1.82) is 0 Å². The fourth-order valence-electron chi connectivity index (χ4n) is 8.26. The highest BCUT2D eigenvalue weighted by molar-refractivity contribution is 8.68. The number of hydrogen-bond acceptors (Lipinski definition) is 4. The monoisotopic (exact) mass is 384 g/mol. The van der Waals surface area contributed by atoms with Gasteiger partial charge in [0.1, 0.15) is 0 Å². The molecule has 4 aliphatic carbocycles. The summed E-state index contributed by atoms with van der Waals surface area (Å²) in [5.41, 5.74) is 0.676. The van der Waals surface area contributed by atoms with Gasteiger partial charge in [-0.1, -0.05) is 24.6 Å². The summed E-state index contributed by atoms with van der Waals surface area (Å²) in [6, 6.07) is 0. The Balaban J connectivity index is 1.64. The molecule has 25 heavy (non-hydrogen) atoms. The van der Waals surface area contributed by atoms with E-state index >= 15 is 0 Å². The van der Waals surface area contributed by atoms with Gasteiger partial charge in [0.25, 0.3) is 0 Å². The van der Waals surface area contributed by atoms with Crippen molar-refractivity contribution >= 4 is 22.5 Å². The summed E-state index contributed by atoms with van der Waals surface area (Å²) >= 11 is 4.64. The molecule has 0 aromatic heterocycles. The summed E-state index contributed by atoms with van der Waals surface area (Å²) in [5.74, 6) is 3.56. The van der Waals surface area contributed by atoms with Crippen molar-refractivity contribution in [2.24, 2.45) is 40.4 Å². The second kappa shape index (κ2) is 6.60. The molecule has 4 fully saturated rings. The quantitative estimate of drug-likeness (QED) is 0.466. The minimum atomic E-state index is -0.163. The number of aliphatic hydroxyl groups excluding tert-OH is 2. The van der Waals surface area contributed by atoms with Gasteiger partial charge in [-0.25, -0.2) is 0 Å². The van der Waals surface area contributed by atoms with Crippen LogP contribution in [-0.4, -0.2) is 27.7 Å². The van der Waals surface area contributed by atoms with Gasteiger partial charge in [0.2, 0.25) is 0 Å². The van der Waals surface area contributed by atoms with Crippen LogP contribution in [0, 0.1) is 40.4 Å². The standard InChI is InChI=1S/C21H36O2S2/c1-12(22)16-6-7-17-15-5-4-13-10-14(23)11-19(25-24)21(13,3)18(15)8-9-20(16,17)2/h12-19,22-24H,4-11H2,1-3H3/t12?,13?,14-,15+,16-,17+,18+,19?,20-,21+/m1/s1. The maximum Gasteiger partial charge on any atom is 0.0554 e. The molecule has 4 saturated carbocycles. The Morgan fingerprint density at radius 1 is 1.04 bits per heavy atom. The van der Waals surface area contributed by atoms with Crippen LogP contribution in [0.1, 0.15) is 72.1 Å². The number of thiol groups is 1. The number of rotatable bonds is 2. The minimum absolute atomic E-state index is 0.126. The third-order valence-corrected chi connectivity index (χ3v) is 11.2. The van der Waals surface area contributed by atoms with Crippen molar-refractivity contribution in [3.05, 3.63) is 0 Å². The summed E-state index contributed by atoms with van der Waals surface area (Å²) in [4.78, 5) is 0. The van der Waals surface area contributed by atoms with Crippen molar-refractivity contribution < 1.29 is 10.2 Å². The first-order chi connectivity index (χ1) is 11.8. The zero-order chi connectivity index (χ0) is 18.0. The van der Waals surface area contributed by atoms with Crippen LogP contribution in [0.5, 0.6) is 0 Å². The molecule has 0 aromatic carbocycles. The highest BCUT2D eigenvalue weighted by Gasteiger charge is 2.62. The average molecular weight is 385 g/mol. The van der Waals surface area contributed by atoms with Crippen molar-refractivity contribution in [2.75, 3.05) is 0 Å². The Labute approximate surface area is 162 Å². The van der Waals surface area contributed by atoms with E-state index < -0.39 is 0 Å². The van der Waals surface area contributed by atoms with E-state index in [0.29, 0.717) is 27.9 Å². The molecule has 144 valence electrons. The van der Waals surface area contributed by atoms with Crippen molar-refractivity contribution in [1.82, 2.24) is 0 Å². The Bertz CT molecular complexity index is 502. The van der Waals surface area contributed by atoms with Gasteiger partial charge in [0, 0.05) is 5.25 Å². The number of aliphatic hydroxyl groups is 2. The van der Waals surface area contributed by atoms with E-state index in [2.05, 4.69) is 25.5 Å². The van der Waals surface area contributed by atoms with Crippen molar-refractivity contribution in [3.8, 4) is 0 Å². The van der Waals surface area contributed by atoms with Gasteiger partial charge in [-0.05, 0) is 98.7 Å². The molecule has 4 aliphatic rings. The molecular formula is C21H36O2S2. The van der Waals surface area contributed by atoms with E-state index in [0.717, 1.165) is 30.6 Å². The number of fused-ring (bicyclic) bond motifs is 5. The lowest BCUT2D eigenvalue weighted by molar-refractivity contribution is -0.128. The fourth-order valence-corrected chi connectivity index (χ4v) is 10.1. The van der Waals surface area contributed by atoms with Gasteiger partial charge in [-0.15, -0.1) is 11.7 Å². The Kier molecular flexibility index (Phi) is 5.01. The first-order valence-electron chi connectivity index (χ1n) is 10.5. The van der Waals surface area contributed by atoms with E-state index in [9.17, 15) is 10.2 Å². The molecule has 0 bridgehead atoms. The molecule has 10 atom stereocenters. The maximum absolute atomic E-state index is 10.4. The minimum Gasteiger partial charge on any atom is -0.393 e. The maximum atomic E-state index is 10.4. The molecule has 0 saturated heterocycles. The van der Waals surface area contributed by atoms with Gasteiger partial charge in [-0.3, -0.25) is 0 Å². The Hall–Kier alpha value is 0.620. The SMILES string of the molecule is CC(O)[C@H]1CC[C@H]2[C@@H]3CCC4C[C@@H](O)CC(SS)[C@]4(C)[C@H]3CC[C@]12C. The predicted molar refractivity (Wildman–Crippen MR) is 109 cm³/mol. The first-order valence-corrected chi connectivity index (χ1v) is 12.4. The Morgan fingerprint density at radius 2 is 1.80 bits per heavy atom. The molecule has 3 unspecified atom stereocenters. The average Bonchev–Trinajstić information content (AvgIpc) is 2.92. The molecule has 0 heterocycles. The lowest BCUT2D eigenvalue weighted by atomic mass is 9.44. The largest absolute Gasteiger partial charge is 0.393 e. The third-order valence-electron chi connectivity index (χ3n) is 9.48. The van der Waals surface area contributed by atoms with Crippen LogP contribution in [0.15, 0.2) is 0 Å².